The van der Waals surface area contributed by atoms with Gasteiger partial charge in [-0.1, -0.05) is 42.5 Å². The molecule has 8 heteroatoms. The van der Waals surface area contributed by atoms with Crippen molar-refractivity contribution in [1.29, 1.82) is 0 Å². The lowest BCUT2D eigenvalue weighted by Gasteiger charge is -2.44. The molecule has 5 rings (SSSR count). The second-order valence-corrected chi connectivity index (χ2v) is 9.32. The first-order chi connectivity index (χ1) is 18.0. The van der Waals surface area contributed by atoms with Gasteiger partial charge in [-0.3, -0.25) is 9.59 Å². The number of carbonyl (C=O) groups is 2. The Morgan fingerprint density at radius 3 is 2.30 bits per heavy atom. The Labute approximate surface area is 215 Å². The van der Waals surface area contributed by atoms with Crippen LogP contribution in [0.4, 0.5) is 14.5 Å². The van der Waals surface area contributed by atoms with Crippen molar-refractivity contribution < 1.29 is 23.1 Å². The molecule has 0 radical (unpaired) electrons. The lowest BCUT2D eigenvalue weighted by atomic mass is 9.78. The summed E-state index contributed by atoms with van der Waals surface area (Å²) in [6, 6.07) is 19.2. The van der Waals surface area contributed by atoms with Gasteiger partial charge in [-0.2, -0.15) is 0 Å². The van der Waals surface area contributed by atoms with Gasteiger partial charge in [0.05, 0.1) is 24.3 Å². The number of carbonyl (C=O) groups excluding carboxylic acids is 2. The van der Waals surface area contributed by atoms with Crippen molar-refractivity contribution in [1.82, 2.24) is 9.80 Å². The summed E-state index contributed by atoms with van der Waals surface area (Å²) < 4.78 is 33.4. The van der Waals surface area contributed by atoms with Crippen molar-refractivity contribution in [3.63, 3.8) is 0 Å². The molecule has 192 valence electrons. The summed E-state index contributed by atoms with van der Waals surface area (Å²) in [7, 11) is 1.56. The second kappa shape index (κ2) is 10.7. The molecule has 3 aromatic rings. The Morgan fingerprint density at radius 1 is 0.919 bits per heavy atom. The predicted octanol–water partition coefficient (Wildman–Crippen LogP) is 4.24. The maximum atomic E-state index is 14.3. The summed E-state index contributed by atoms with van der Waals surface area (Å²) in [5.74, 6) is -1.63. The zero-order valence-corrected chi connectivity index (χ0v) is 20.6. The first-order valence-corrected chi connectivity index (χ1v) is 12.4. The highest BCUT2D eigenvalue weighted by molar-refractivity contribution is 6.01. The number of halogens is 2. The van der Waals surface area contributed by atoms with Crippen molar-refractivity contribution in [3.8, 4) is 0 Å². The van der Waals surface area contributed by atoms with Crippen molar-refractivity contribution >= 4 is 17.5 Å². The molecule has 0 unspecified atom stereocenters. The van der Waals surface area contributed by atoms with Gasteiger partial charge in [0.25, 0.3) is 5.91 Å². The number of piperazine rings is 1. The number of amides is 2. The number of nitrogens with zero attached hydrogens (tertiary/aromatic N) is 3. The minimum atomic E-state index is -0.670. The van der Waals surface area contributed by atoms with Gasteiger partial charge in [-0.25, -0.2) is 8.78 Å². The van der Waals surface area contributed by atoms with Crippen LogP contribution in [0.1, 0.15) is 33.4 Å². The fraction of sp³-hybridized carbons (Fsp3) is 0.310. The predicted molar refractivity (Wildman–Crippen MR) is 136 cm³/mol. The Kier molecular flexibility index (Phi) is 7.19. The SMILES string of the molecule is COCCN1C(=O)c2ccccc2[C@@H](C(=O)N2CCN(c3ccccc3F)CC2)[C@H]1c1ccc(F)cc1. The monoisotopic (exact) mass is 505 g/mol. The summed E-state index contributed by atoms with van der Waals surface area (Å²) in [6.07, 6.45) is 0. The van der Waals surface area contributed by atoms with Gasteiger partial charge in [0.1, 0.15) is 11.6 Å². The van der Waals surface area contributed by atoms with Crippen molar-refractivity contribution in [3.05, 3.63) is 101 Å². The van der Waals surface area contributed by atoms with Gasteiger partial charge >= 0.3 is 0 Å². The molecule has 0 aliphatic carbocycles. The smallest absolute Gasteiger partial charge is 0.254 e. The van der Waals surface area contributed by atoms with Gasteiger partial charge in [0.15, 0.2) is 0 Å². The zero-order valence-electron chi connectivity index (χ0n) is 20.6. The Hall–Kier alpha value is -3.78. The Balaban J connectivity index is 1.49. The van der Waals surface area contributed by atoms with Crippen LogP contribution in [0.2, 0.25) is 0 Å². The van der Waals surface area contributed by atoms with E-state index in [1.807, 2.05) is 17.0 Å². The minimum Gasteiger partial charge on any atom is -0.383 e. The zero-order chi connectivity index (χ0) is 25.9. The van der Waals surface area contributed by atoms with Crippen LogP contribution in [0.25, 0.3) is 0 Å². The topological polar surface area (TPSA) is 53.1 Å². The van der Waals surface area contributed by atoms with Crippen molar-refractivity contribution in [2.24, 2.45) is 0 Å². The number of hydrogen-bond donors (Lipinski definition) is 0. The van der Waals surface area contributed by atoms with Crippen LogP contribution in [0.3, 0.4) is 0 Å². The third kappa shape index (κ3) is 4.81. The van der Waals surface area contributed by atoms with E-state index in [1.54, 1.807) is 59.4 Å². The van der Waals surface area contributed by atoms with Crippen LogP contribution in [0, 0.1) is 11.6 Å². The fourth-order valence-corrected chi connectivity index (χ4v) is 5.40. The van der Waals surface area contributed by atoms with E-state index in [4.69, 9.17) is 4.74 Å². The molecule has 0 spiro atoms. The number of fused-ring (bicyclic) bond motifs is 1. The average molecular weight is 506 g/mol. The number of benzene rings is 3. The quantitative estimate of drug-likeness (QED) is 0.503. The first-order valence-electron chi connectivity index (χ1n) is 12.4. The first kappa shape index (κ1) is 24.9. The van der Waals surface area contributed by atoms with Crippen LogP contribution in [-0.2, 0) is 9.53 Å². The lowest BCUT2D eigenvalue weighted by Crippen LogP contribution is -2.54. The van der Waals surface area contributed by atoms with E-state index in [0.29, 0.717) is 55.2 Å². The van der Waals surface area contributed by atoms with E-state index in [9.17, 15) is 18.4 Å². The molecule has 0 N–H and O–H groups in total. The summed E-state index contributed by atoms with van der Waals surface area (Å²) in [4.78, 5) is 33.2. The van der Waals surface area contributed by atoms with Gasteiger partial charge in [0, 0.05) is 45.4 Å². The number of ether oxygens (including phenoxy) is 1. The minimum absolute atomic E-state index is 0.107. The summed E-state index contributed by atoms with van der Waals surface area (Å²) >= 11 is 0. The van der Waals surface area contributed by atoms with Crippen LogP contribution < -0.4 is 4.90 Å². The molecular formula is C29H29F2N3O3. The van der Waals surface area contributed by atoms with Crippen LogP contribution in [-0.4, -0.2) is 68.1 Å². The van der Waals surface area contributed by atoms with Gasteiger partial charge in [-0.05, 0) is 41.5 Å². The molecule has 2 heterocycles. The molecular weight excluding hydrogens is 476 g/mol. The lowest BCUT2D eigenvalue weighted by molar-refractivity contribution is -0.135. The largest absolute Gasteiger partial charge is 0.383 e. The molecule has 37 heavy (non-hydrogen) atoms. The standard InChI is InChI=1S/C29H29F2N3O3/c1-37-19-18-34-27(20-10-12-21(30)13-11-20)26(22-6-2-3-7-23(22)28(34)35)29(36)33-16-14-32(15-17-33)25-9-5-4-8-24(25)31/h2-13,26-27H,14-19H2,1H3/t26-,27-/m1/s1. The normalized spacial score (nSPS) is 19.6. The summed E-state index contributed by atoms with van der Waals surface area (Å²) in [6.45, 7) is 2.43. The molecule has 2 amide bonds. The van der Waals surface area contributed by atoms with E-state index >= 15 is 0 Å². The fourth-order valence-electron chi connectivity index (χ4n) is 5.40. The molecule has 0 aromatic heterocycles. The molecule has 2 aliphatic heterocycles. The van der Waals surface area contributed by atoms with E-state index in [2.05, 4.69) is 0 Å². The number of para-hydroxylation sites is 1. The number of rotatable bonds is 6. The number of methoxy groups -OCH3 is 1. The molecule has 6 nitrogen and oxygen atoms in total. The highest BCUT2D eigenvalue weighted by atomic mass is 19.1. The van der Waals surface area contributed by atoms with E-state index in [-0.39, 0.29) is 30.0 Å². The summed E-state index contributed by atoms with van der Waals surface area (Å²) in [5.41, 5.74) is 2.36. The van der Waals surface area contributed by atoms with Crippen LogP contribution in [0.5, 0.6) is 0 Å². The highest BCUT2D eigenvalue weighted by Crippen LogP contribution is 2.43. The molecule has 1 fully saturated rings. The van der Waals surface area contributed by atoms with E-state index < -0.39 is 12.0 Å². The van der Waals surface area contributed by atoms with Crippen molar-refractivity contribution in [2.75, 3.05) is 51.3 Å². The third-order valence-electron chi connectivity index (χ3n) is 7.24. The van der Waals surface area contributed by atoms with E-state index in [1.165, 1.54) is 18.2 Å². The van der Waals surface area contributed by atoms with E-state index in [0.717, 1.165) is 0 Å². The van der Waals surface area contributed by atoms with Crippen molar-refractivity contribution in [2.45, 2.75) is 12.0 Å². The number of anilines is 1. The third-order valence-corrected chi connectivity index (χ3v) is 7.24. The van der Waals surface area contributed by atoms with Crippen LogP contribution in [0.15, 0.2) is 72.8 Å². The highest BCUT2D eigenvalue weighted by Gasteiger charge is 2.45. The number of hydrogen-bond acceptors (Lipinski definition) is 4. The maximum absolute atomic E-state index is 14.3. The molecule has 3 aromatic carbocycles. The maximum Gasteiger partial charge on any atom is 0.254 e. The Bertz CT molecular complexity index is 1280. The molecule has 2 atom stereocenters. The van der Waals surface area contributed by atoms with Crippen LogP contribution >= 0.6 is 0 Å². The molecule has 0 bridgehead atoms. The van der Waals surface area contributed by atoms with Gasteiger partial charge in [-0.15, -0.1) is 0 Å². The average Bonchev–Trinajstić information content (AvgIpc) is 2.93. The van der Waals surface area contributed by atoms with Gasteiger partial charge in [0.2, 0.25) is 5.91 Å². The molecule has 2 aliphatic rings. The second-order valence-electron chi connectivity index (χ2n) is 9.32. The molecule has 1 saturated heterocycles. The van der Waals surface area contributed by atoms with Gasteiger partial charge < -0.3 is 19.4 Å². The molecule has 0 saturated carbocycles. The Morgan fingerprint density at radius 2 is 1.59 bits per heavy atom. The summed E-state index contributed by atoms with van der Waals surface area (Å²) in [5, 5.41) is 0.